The van der Waals surface area contributed by atoms with Crippen LogP contribution in [0, 0.1) is 11.8 Å². The molecule has 0 aromatic carbocycles. The molecule has 0 bridgehead atoms. The molecule has 0 spiro atoms. The summed E-state index contributed by atoms with van der Waals surface area (Å²) in [6.45, 7) is 1.27. The Morgan fingerprint density at radius 1 is 1.67 bits per heavy atom. The Balaban J connectivity index is 2.02. The van der Waals surface area contributed by atoms with Crippen LogP contribution < -0.4 is 0 Å². The standard InChI is InChI=1S/C8H9FO3/c1-3(10)12-5-2-4(11)6-7(5)8(6)9/h5-8H,2H2,1H3/t5-,6-,7+,8-/m0/s1. The topological polar surface area (TPSA) is 43.4 Å². The lowest BCUT2D eigenvalue weighted by Crippen LogP contribution is -2.19. The number of esters is 1. The number of carbonyl (C=O) groups is 2. The monoisotopic (exact) mass is 172 g/mol. The molecule has 66 valence electrons. The largest absolute Gasteiger partial charge is 0.462 e. The fourth-order valence-corrected chi connectivity index (χ4v) is 1.93. The van der Waals surface area contributed by atoms with E-state index in [0.717, 1.165) is 0 Å². The van der Waals surface area contributed by atoms with Crippen LogP contribution in [0.5, 0.6) is 0 Å². The third-order valence-electron chi connectivity index (χ3n) is 2.51. The van der Waals surface area contributed by atoms with E-state index in [1.807, 2.05) is 0 Å². The predicted molar refractivity (Wildman–Crippen MR) is 37.1 cm³/mol. The molecule has 0 unspecified atom stereocenters. The van der Waals surface area contributed by atoms with Crippen molar-refractivity contribution in [2.45, 2.75) is 25.6 Å². The van der Waals surface area contributed by atoms with E-state index in [0.29, 0.717) is 0 Å². The van der Waals surface area contributed by atoms with Crippen molar-refractivity contribution < 1.29 is 18.7 Å². The molecule has 0 aromatic heterocycles. The van der Waals surface area contributed by atoms with Gasteiger partial charge in [0, 0.05) is 19.3 Å². The minimum atomic E-state index is -1.06. The molecule has 0 aromatic rings. The Bertz CT molecular complexity index is 251. The summed E-state index contributed by atoms with van der Waals surface area (Å²) in [5.41, 5.74) is 0. The number of carbonyl (C=O) groups excluding carboxylic acids is 2. The number of Topliss-reactive ketones (excluding diaryl/α,β-unsaturated/α-hetero) is 1. The van der Waals surface area contributed by atoms with E-state index in [4.69, 9.17) is 4.74 Å². The summed E-state index contributed by atoms with van der Waals surface area (Å²) in [6, 6.07) is 0. The summed E-state index contributed by atoms with van der Waals surface area (Å²) < 4.78 is 17.6. The Morgan fingerprint density at radius 2 is 2.33 bits per heavy atom. The smallest absolute Gasteiger partial charge is 0.302 e. The van der Waals surface area contributed by atoms with Crippen molar-refractivity contribution >= 4 is 11.8 Å². The molecule has 0 amide bonds. The van der Waals surface area contributed by atoms with Gasteiger partial charge >= 0.3 is 5.97 Å². The van der Waals surface area contributed by atoms with Crippen LogP contribution in [-0.2, 0) is 14.3 Å². The number of rotatable bonds is 1. The molecule has 0 heterocycles. The molecule has 0 radical (unpaired) electrons. The van der Waals surface area contributed by atoms with Gasteiger partial charge in [0.25, 0.3) is 0 Å². The van der Waals surface area contributed by atoms with Gasteiger partial charge in [0.15, 0.2) is 0 Å². The van der Waals surface area contributed by atoms with Crippen molar-refractivity contribution in [1.82, 2.24) is 0 Å². The summed E-state index contributed by atoms with van der Waals surface area (Å²) in [4.78, 5) is 21.5. The molecule has 2 aliphatic carbocycles. The Hall–Kier alpha value is -0.930. The Morgan fingerprint density at radius 3 is 2.75 bits per heavy atom. The summed E-state index contributed by atoms with van der Waals surface area (Å²) in [6.07, 6.45) is -1.35. The SMILES string of the molecule is CC(=O)O[C@H]1CC(=O)[C@@H]2[C@H](F)[C@@H]21. The molecule has 2 aliphatic rings. The average molecular weight is 172 g/mol. The van der Waals surface area contributed by atoms with Gasteiger partial charge in [-0.1, -0.05) is 0 Å². The second kappa shape index (κ2) is 2.28. The van der Waals surface area contributed by atoms with E-state index >= 15 is 0 Å². The van der Waals surface area contributed by atoms with Crippen molar-refractivity contribution in [2.24, 2.45) is 11.8 Å². The van der Waals surface area contributed by atoms with E-state index in [1.54, 1.807) is 0 Å². The quantitative estimate of drug-likeness (QED) is 0.540. The second-order valence-electron chi connectivity index (χ2n) is 3.37. The van der Waals surface area contributed by atoms with Crippen LogP contribution in [0.2, 0.25) is 0 Å². The van der Waals surface area contributed by atoms with Gasteiger partial charge in [-0.15, -0.1) is 0 Å². The molecule has 2 fully saturated rings. The molecular formula is C8H9FO3. The number of ether oxygens (including phenoxy) is 1. The van der Waals surface area contributed by atoms with Crippen molar-refractivity contribution in [1.29, 1.82) is 0 Å². The lowest BCUT2D eigenvalue weighted by Gasteiger charge is -2.10. The van der Waals surface area contributed by atoms with E-state index in [9.17, 15) is 14.0 Å². The lowest BCUT2D eigenvalue weighted by atomic mass is 10.2. The molecule has 0 saturated heterocycles. The van der Waals surface area contributed by atoms with Crippen LogP contribution in [0.1, 0.15) is 13.3 Å². The first-order valence-electron chi connectivity index (χ1n) is 3.95. The van der Waals surface area contributed by atoms with Gasteiger partial charge in [-0.05, 0) is 0 Å². The van der Waals surface area contributed by atoms with Gasteiger partial charge in [-0.2, -0.15) is 0 Å². The van der Waals surface area contributed by atoms with Crippen molar-refractivity contribution in [3.63, 3.8) is 0 Å². The van der Waals surface area contributed by atoms with Crippen LogP contribution in [-0.4, -0.2) is 24.0 Å². The fourth-order valence-electron chi connectivity index (χ4n) is 1.93. The van der Waals surface area contributed by atoms with Crippen molar-refractivity contribution in [2.75, 3.05) is 0 Å². The lowest BCUT2D eigenvalue weighted by molar-refractivity contribution is -0.147. The molecule has 0 aliphatic heterocycles. The van der Waals surface area contributed by atoms with Crippen LogP contribution >= 0.6 is 0 Å². The summed E-state index contributed by atoms with van der Waals surface area (Å²) >= 11 is 0. The summed E-state index contributed by atoms with van der Waals surface area (Å²) in [5.74, 6) is -1.33. The van der Waals surface area contributed by atoms with Crippen molar-refractivity contribution in [3.8, 4) is 0 Å². The zero-order valence-corrected chi connectivity index (χ0v) is 6.62. The van der Waals surface area contributed by atoms with Gasteiger partial charge in [0.2, 0.25) is 0 Å². The molecule has 4 heteroatoms. The Kier molecular flexibility index (Phi) is 1.46. The second-order valence-corrected chi connectivity index (χ2v) is 3.37. The highest BCUT2D eigenvalue weighted by Gasteiger charge is 2.65. The first kappa shape index (κ1) is 7.71. The molecule has 2 saturated carbocycles. The predicted octanol–water partition coefficient (Wildman–Crippen LogP) is 0.475. The van der Waals surface area contributed by atoms with Gasteiger partial charge in [-0.25, -0.2) is 4.39 Å². The van der Waals surface area contributed by atoms with Crippen LogP contribution in [0.25, 0.3) is 0 Å². The molecule has 2 rings (SSSR count). The zero-order chi connectivity index (χ0) is 8.88. The Labute approximate surface area is 68.9 Å². The number of hydrogen-bond acceptors (Lipinski definition) is 3. The van der Waals surface area contributed by atoms with Gasteiger partial charge in [0.05, 0.1) is 5.92 Å². The normalized spacial score (nSPS) is 44.0. The van der Waals surface area contributed by atoms with Gasteiger partial charge < -0.3 is 4.74 Å². The number of fused-ring (bicyclic) bond motifs is 1. The third-order valence-corrected chi connectivity index (χ3v) is 2.51. The number of halogens is 1. The number of hydrogen-bond donors (Lipinski definition) is 0. The molecular weight excluding hydrogens is 163 g/mol. The van der Waals surface area contributed by atoms with Crippen LogP contribution in [0.15, 0.2) is 0 Å². The number of ketones is 1. The highest BCUT2D eigenvalue weighted by atomic mass is 19.1. The third kappa shape index (κ3) is 0.940. The summed E-state index contributed by atoms with van der Waals surface area (Å²) in [5, 5.41) is 0. The first-order valence-corrected chi connectivity index (χ1v) is 3.95. The minimum Gasteiger partial charge on any atom is -0.462 e. The van der Waals surface area contributed by atoms with E-state index in [-0.39, 0.29) is 18.1 Å². The highest BCUT2D eigenvalue weighted by molar-refractivity contribution is 5.89. The number of alkyl halides is 1. The maximum Gasteiger partial charge on any atom is 0.302 e. The minimum absolute atomic E-state index is 0.0984. The zero-order valence-electron chi connectivity index (χ0n) is 6.62. The first-order chi connectivity index (χ1) is 5.61. The van der Waals surface area contributed by atoms with Crippen molar-refractivity contribution in [3.05, 3.63) is 0 Å². The maximum atomic E-state index is 12.8. The van der Waals surface area contributed by atoms with Gasteiger partial charge in [0.1, 0.15) is 18.1 Å². The van der Waals surface area contributed by atoms with E-state index in [2.05, 4.69) is 0 Å². The van der Waals surface area contributed by atoms with Crippen LogP contribution in [0.4, 0.5) is 4.39 Å². The highest BCUT2D eigenvalue weighted by Crippen LogP contribution is 2.53. The molecule has 12 heavy (non-hydrogen) atoms. The van der Waals surface area contributed by atoms with E-state index < -0.39 is 24.2 Å². The van der Waals surface area contributed by atoms with E-state index in [1.165, 1.54) is 6.92 Å². The molecule has 3 nitrogen and oxygen atoms in total. The summed E-state index contributed by atoms with van der Waals surface area (Å²) in [7, 11) is 0. The van der Waals surface area contributed by atoms with Gasteiger partial charge in [-0.3, -0.25) is 9.59 Å². The average Bonchev–Trinajstić information content (AvgIpc) is 2.47. The molecule has 0 N–H and O–H groups in total. The van der Waals surface area contributed by atoms with Crippen LogP contribution in [0.3, 0.4) is 0 Å². The maximum absolute atomic E-state index is 12.8. The molecule has 4 atom stereocenters. The fraction of sp³-hybridized carbons (Fsp3) is 0.750.